The van der Waals surface area contributed by atoms with Crippen LogP contribution in [0.3, 0.4) is 0 Å². The number of nitrogens with zero attached hydrogens (tertiary/aromatic N) is 3. The van der Waals surface area contributed by atoms with Crippen LogP contribution in [0.2, 0.25) is 0 Å². The second-order valence-electron chi connectivity index (χ2n) is 7.58. The molecule has 156 valence electrons. The summed E-state index contributed by atoms with van der Waals surface area (Å²) < 4.78 is 16.2. The van der Waals surface area contributed by atoms with E-state index < -0.39 is 0 Å². The number of hydrogen-bond donors (Lipinski definition) is 1. The van der Waals surface area contributed by atoms with Gasteiger partial charge in [-0.15, -0.1) is 0 Å². The van der Waals surface area contributed by atoms with Gasteiger partial charge in [0.2, 0.25) is 5.91 Å². The Morgan fingerprint density at radius 3 is 2.45 bits per heavy atom. The van der Waals surface area contributed by atoms with Crippen LogP contribution < -0.4 is 19.7 Å². The van der Waals surface area contributed by atoms with Gasteiger partial charge in [-0.3, -0.25) is 4.79 Å². The Labute approximate surface area is 170 Å². The lowest BCUT2D eigenvalue weighted by atomic mass is 9.94. The summed E-state index contributed by atoms with van der Waals surface area (Å²) >= 11 is 0. The van der Waals surface area contributed by atoms with Crippen molar-refractivity contribution >= 4 is 22.6 Å². The van der Waals surface area contributed by atoms with Gasteiger partial charge in [0.05, 0.1) is 19.7 Å². The van der Waals surface area contributed by atoms with Crippen LogP contribution in [0.5, 0.6) is 11.5 Å². The Hall–Kier alpha value is -2.61. The third-order valence-electron chi connectivity index (χ3n) is 5.85. The number of ether oxygens (including phenoxy) is 3. The number of nitrogens with one attached hydrogen (secondary N) is 1. The van der Waals surface area contributed by atoms with Crippen molar-refractivity contribution in [2.75, 3.05) is 45.4 Å². The van der Waals surface area contributed by atoms with Gasteiger partial charge in [-0.25, -0.2) is 9.97 Å². The van der Waals surface area contributed by atoms with Crippen molar-refractivity contribution in [2.24, 2.45) is 5.92 Å². The molecule has 8 heteroatoms. The van der Waals surface area contributed by atoms with Crippen molar-refractivity contribution in [2.45, 2.75) is 31.7 Å². The number of anilines is 1. The van der Waals surface area contributed by atoms with E-state index in [2.05, 4.69) is 20.2 Å². The topological polar surface area (TPSA) is 85.8 Å². The first-order chi connectivity index (χ1) is 14.2. The lowest BCUT2D eigenvalue weighted by Gasteiger charge is -2.33. The maximum Gasteiger partial charge on any atom is 0.223 e. The van der Waals surface area contributed by atoms with Gasteiger partial charge in [0.15, 0.2) is 11.5 Å². The van der Waals surface area contributed by atoms with Crippen LogP contribution in [0.4, 0.5) is 5.82 Å². The first-order valence-corrected chi connectivity index (χ1v) is 10.2. The molecular formula is C21H28N4O4. The van der Waals surface area contributed by atoms with Crippen LogP contribution in [0, 0.1) is 5.92 Å². The number of methoxy groups -OCH3 is 2. The standard InChI is InChI=1S/C21H28N4O4/c1-27-18-11-16-17(12-19(18)28-2)22-13-23-20(16)25-7-3-14(4-8-25)21(26)24-15-5-9-29-10-6-15/h11-15H,3-10H2,1-2H3,(H,24,26). The Kier molecular flexibility index (Phi) is 5.99. The highest BCUT2D eigenvalue weighted by atomic mass is 16.5. The maximum absolute atomic E-state index is 12.6. The second-order valence-corrected chi connectivity index (χ2v) is 7.58. The predicted molar refractivity (Wildman–Crippen MR) is 110 cm³/mol. The molecule has 0 radical (unpaired) electrons. The molecule has 1 aromatic heterocycles. The van der Waals surface area contributed by atoms with Gasteiger partial charge in [-0.2, -0.15) is 0 Å². The minimum Gasteiger partial charge on any atom is -0.493 e. The third kappa shape index (κ3) is 4.22. The summed E-state index contributed by atoms with van der Waals surface area (Å²) in [5.41, 5.74) is 0.812. The zero-order chi connectivity index (χ0) is 20.2. The monoisotopic (exact) mass is 400 g/mol. The molecule has 0 unspecified atom stereocenters. The van der Waals surface area contributed by atoms with Crippen LogP contribution in [-0.2, 0) is 9.53 Å². The molecule has 0 spiro atoms. The Morgan fingerprint density at radius 1 is 1.07 bits per heavy atom. The molecule has 8 nitrogen and oxygen atoms in total. The molecule has 2 aliphatic heterocycles. The minimum absolute atomic E-state index is 0.0526. The van der Waals surface area contributed by atoms with Gasteiger partial charge in [0.1, 0.15) is 12.1 Å². The number of aromatic nitrogens is 2. The molecule has 0 atom stereocenters. The van der Waals surface area contributed by atoms with Gasteiger partial charge < -0.3 is 24.4 Å². The van der Waals surface area contributed by atoms with E-state index in [4.69, 9.17) is 14.2 Å². The molecule has 0 saturated carbocycles. The van der Waals surface area contributed by atoms with E-state index in [1.165, 1.54) is 0 Å². The molecule has 0 aliphatic carbocycles. The van der Waals surface area contributed by atoms with Crippen molar-refractivity contribution in [1.29, 1.82) is 0 Å². The Morgan fingerprint density at radius 2 is 1.76 bits per heavy atom. The summed E-state index contributed by atoms with van der Waals surface area (Å²) in [4.78, 5) is 23.8. The fourth-order valence-corrected chi connectivity index (χ4v) is 4.14. The van der Waals surface area contributed by atoms with E-state index in [1.807, 2.05) is 12.1 Å². The van der Waals surface area contributed by atoms with E-state index in [1.54, 1.807) is 20.5 Å². The zero-order valence-corrected chi connectivity index (χ0v) is 17.0. The summed E-state index contributed by atoms with van der Waals surface area (Å²) in [7, 11) is 3.23. The largest absolute Gasteiger partial charge is 0.493 e. The van der Waals surface area contributed by atoms with Gasteiger partial charge >= 0.3 is 0 Å². The number of fused-ring (bicyclic) bond motifs is 1. The van der Waals surface area contributed by atoms with Gasteiger partial charge in [-0.05, 0) is 31.7 Å². The third-order valence-corrected chi connectivity index (χ3v) is 5.85. The van der Waals surface area contributed by atoms with Crippen molar-refractivity contribution in [3.05, 3.63) is 18.5 Å². The Bertz CT molecular complexity index is 861. The number of carbonyl (C=O) groups excluding carboxylic acids is 1. The lowest BCUT2D eigenvalue weighted by molar-refractivity contribution is -0.126. The molecule has 29 heavy (non-hydrogen) atoms. The number of piperidine rings is 1. The highest BCUT2D eigenvalue weighted by Crippen LogP contribution is 2.35. The van der Waals surface area contributed by atoms with Gasteiger partial charge in [0, 0.05) is 49.7 Å². The molecule has 3 heterocycles. The number of amides is 1. The van der Waals surface area contributed by atoms with Crippen LogP contribution in [0.15, 0.2) is 18.5 Å². The van der Waals surface area contributed by atoms with Crippen LogP contribution in [-0.4, -0.2) is 62.4 Å². The molecule has 0 bridgehead atoms. The first-order valence-electron chi connectivity index (χ1n) is 10.2. The number of rotatable bonds is 5. The van der Waals surface area contributed by atoms with E-state index in [0.29, 0.717) is 11.5 Å². The van der Waals surface area contributed by atoms with Crippen LogP contribution in [0.1, 0.15) is 25.7 Å². The van der Waals surface area contributed by atoms with E-state index in [9.17, 15) is 4.79 Å². The van der Waals surface area contributed by atoms with Crippen LogP contribution >= 0.6 is 0 Å². The summed E-state index contributed by atoms with van der Waals surface area (Å²) in [5, 5.41) is 4.13. The van der Waals surface area contributed by atoms with Crippen LogP contribution in [0.25, 0.3) is 10.9 Å². The van der Waals surface area contributed by atoms with E-state index in [-0.39, 0.29) is 17.9 Å². The first kappa shape index (κ1) is 19.7. The van der Waals surface area contributed by atoms with Crippen molar-refractivity contribution < 1.29 is 19.0 Å². The fourth-order valence-electron chi connectivity index (χ4n) is 4.14. The zero-order valence-electron chi connectivity index (χ0n) is 17.0. The predicted octanol–water partition coefficient (Wildman–Crippen LogP) is 2.16. The number of hydrogen-bond acceptors (Lipinski definition) is 7. The minimum atomic E-state index is 0.0526. The highest BCUT2D eigenvalue weighted by molar-refractivity contribution is 5.92. The molecular weight excluding hydrogens is 372 g/mol. The lowest BCUT2D eigenvalue weighted by Crippen LogP contribution is -2.45. The quantitative estimate of drug-likeness (QED) is 0.823. The van der Waals surface area contributed by atoms with E-state index >= 15 is 0 Å². The van der Waals surface area contributed by atoms with Crippen molar-refractivity contribution in [1.82, 2.24) is 15.3 Å². The molecule has 2 aromatic rings. The van der Waals surface area contributed by atoms with Gasteiger partial charge in [-0.1, -0.05) is 0 Å². The highest BCUT2D eigenvalue weighted by Gasteiger charge is 2.28. The molecule has 2 saturated heterocycles. The SMILES string of the molecule is COc1cc2ncnc(N3CCC(C(=O)NC4CCOCC4)CC3)c2cc1OC. The molecule has 2 aliphatic rings. The molecule has 4 rings (SSSR count). The summed E-state index contributed by atoms with van der Waals surface area (Å²) in [5.74, 6) is 2.40. The molecule has 1 N–H and O–H groups in total. The van der Waals surface area contributed by atoms with Gasteiger partial charge in [0.25, 0.3) is 0 Å². The number of carbonyl (C=O) groups is 1. The average molecular weight is 400 g/mol. The maximum atomic E-state index is 12.6. The van der Waals surface area contributed by atoms with Crippen molar-refractivity contribution in [3.8, 4) is 11.5 Å². The molecule has 1 amide bonds. The van der Waals surface area contributed by atoms with Crippen molar-refractivity contribution in [3.63, 3.8) is 0 Å². The second kappa shape index (κ2) is 8.82. The smallest absolute Gasteiger partial charge is 0.223 e. The summed E-state index contributed by atoms with van der Waals surface area (Å²) in [6.07, 6.45) is 5.01. The normalized spacial score (nSPS) is 18.6. The summed E-state index contributed by atoms with van der Waals surface area (Å²) in [6.45, 7) is 3.04. The molecule has 1 aromatic carbocycles. The number of benzene rings is 1. The average Bonchev–Trinajstić information content (AvgIpc) is 2.78. The molecule has 2 fully saturated rings. The Balaban J connectivity index is 1.45. The fraction of sp³-hybridized carbons (Fsp3) is 0.571. The summed E-state index contributed by atoms with van der Waals surface area (Å²) in [6, 6.07) is 4.04. The van der Waals surface area contributed by atoms with E-state index in [0.717, 1.165) is 68.7 Å².